The highest BCUT2D eigenvalue weighted by molar-refractivity contribution is 6.03. The molecule has 4 aromatic heterocycles. The largest absolute Gasteiger partial charge is 0.264 e. The Morgan fingerprint density at radius 2 is 0.509 bits per heavy atom. The van der Waals surface area contributed by atoms with Crippen LogP contribution in [0.2, 0.25) is 0 Å². The SMILES string of the molecule is CC1(C)c2ccc(-c3cccc(-c4ccc(-c5nc(-c6ccccc6)nc(-c6ccc(-c7cccnc7)cc6)n5)cc4)c3)cc2-c2c1ccc1ccccc21.c1ccc(-c2nc(-c3ccc(-c4cccnc4)cc3)nc(-c3ccc(-c4cccc(-c5ccc6c(c5)-c5ccccc5C6(c5ccccc5)c5ccccc5)c4)cc3)n2)cc1. The molecule has 21 rings (SSSR count). The van der Waals surface area contributed by atoms with Gasteiger partial charge in [-0.15, -0.1) is 0 Å². The monoisotopic (exact) mass is 1480 g/mol. The first-order chi connectivity index (χ1) is 57.2. The van der Waals surface area contributed by atoms with E-state index in [1.165, 1.54) is 88.7 Å². The highest BCUT2D eigenvalue weighted by Crippen LogP contribution is 2.57. The van der Waals surface area contributed by atoms with E-state index >= 15 is 0 Å². The zero-order valence-corrected chi connectivity index (χ0v) is 63.8. The molecule has 116 heavy (non-hydrogen) atoms. The summed E-state index contributed by atoms with van der Waals surface area (Å²) in [5.41, 5.74) is 31.9. The van der Waals surface area contributed by atoms with Crippen molar-refractivity contribution in [3.8, 4) is 157 Å². The van der Waals surface area contributed by atoms with Crippen molar-refractivity contribution in [1.29, 1.82) is 0 Å². The first kappa shape index (κ1) is 70.0. The molecule has 0 atom stereocenters. The third-order valence-corrected chi connectivity index (χ3v) is 23.0. The van der Waals surface area contributed by atoms with Gasteiger partial charge in [-0.1, -0.05) is 366 Å². The fraction of sp³-hybridized carbons (Fsp3) is 0.0370. The number of fused-ring (bicyclic) bond motifs is 8. The number of pyridine rings is 2. The normalized spacial score (nSPS) is 12.5. The van der Waals surface area contributed by atoms with Crippen molar-refractivity contribution in [2.45, 2.75) is 24.7 Å². The Hall–Kier alpha value is -15.1. The summed E-state index contributed by atoms with van der Waals surface area (Å²) in [5.74, 6) is 3.79. The summed E-state index contributed by atoms with van der Waals surface area (Å²) in [6, 6.07) is 138. The van der Waals surface area contributed by atoms with Gasteiger partial charge in [-0.05, 0) is 170 Å². The van der Waals surface area contributed by atoms with Gasteiger partial charge in [-0.2, -0.15) is 0 Å². The molecule has 0 saturated heterocycles. The Labute approximate surface area is 674 Å². The lowest BCUT2D eigenvalue weighted by Gasteiger charge is -2.33. The Morgan fingerprint density at radius 3 is 0.948 bits per heavy atom. The van der Waals surface area contributed by atoms with Gasteiger partial charge < -0.3 is 0 Å². The van der Waals surface area contributed by atoms with E-state index in [1.807, 2.05) is 85.2 Å². The summed E-state index contributed by atoms with van der Waals surface area (Å²) in [5, 5.41) is 2.60. The second-order valence-electron chi connectivity index (χ2n) is 30.2. The Morgan fingerprint density at radius 1 is 0.198 bits per heavy atom. The molecule has 0 fully saturated rings. The number of hydrogen-bond donors (Lipinski definition) is 0. The molecular weight excluding hydrogens is 1410 g/mol. The lowest BCUT2D eigenvalue weighted by molar-refractivity contribution is 0.661. The minimum absolute atomic E-state index is 0.0527. The zero-order chi connectivity index (χ0) is 77.5. The van der Waals surface area contributed by atoms with Gasteiger partial charge in [0, 0.05) is 63.6 Å². The minimum atomic E-state index is -0.414. The lowest BCUT2D eigenvalue weighted by atomic mass is 9.67. The Kier molecular flexibility index (Phi) is 18.0. The number of rotatable bonds is 14. The molecule has 0 unspecified atom stereocenters. The lowest BCUT2D eigenvalue weighted by Crippen LogP contribution is -2.28. The van der Waals surface area contributed by atoms with Crippen molar-refractivity contribution >= 4 is 10.8 Å². The summed E-state index contributed by atoms with van der Waals surface area (Å²) < 4.78 is 0. The number of hydrogen-bond acceptors (Lipinski definition) is 8. The Balaban J connectivity index is 0.000000150. The van der Waals surface area contributed by atoms with Crippen molar-refractivity contribution in [2.24, 2.45) is 0 Å². The molecule has 0 bridgehead atoms. The molecule has 0 radical (unpaired) electrons. The van der Waals surface area contributed by atoms with Gasteiger partial charge in [-0.25, -0.2) is 29.9 Å². The standard InChI is InChI=1S/C57H38N4.C51H36N4/c1-4-14-41(15-5-1)54-59-55(61-56(60-54)43-31-27-40(28-32-43)47-18-13-35-58-38-47)42-29-25-39(26-30-42)44-16-12-17-45(36-44)46-33-34-53-51(37-46)50-23-10-11-24-52(50)57(53,48-19-6-2-7-20-48)49-21-8-3-9-22-49;1-51(2)45-27-26-41(31-44(45)47-43-16-7-6-10-35(43)25-28-46(47)51)40-14-8-13-39(30-40)33-17-21-37(22-18-33)49-53-48(36-11-4-3-5-12-36)54-50(55-49)38-23-19-34(20-24-38)42-15-9-29-52-32-42/h1-38H;3-32H,1-2H3. The molecule has 2 aliphatic rings. The maximum Gasteiger partial charge on any atom is 0.164 e. The van der Waals surface area contributed by atoms with Crippen LogP contribution in [0.25, 0.3) is 168 Å². The fourth-order valence-corrected chi connectivity index (χ4v) is 17.1. The molecule has 15 aromatic carbocycles. The molecule has 8 heteroatoms. The number of nitrogens with zero attached hydrogens (tertiary/aromatic N) is 8. The number of benzene rings is 15. The predicted molar refractivity (Wildman–Crippen MR) is 473 cm³/mol. The summed E-state index contributed by atoms with van der Waals surface area (Å²) in [4.78, 5) is 38.4. The van der Waals surface area contributed by atoms with Gasteiger partial charge in [0.25, 0.3) is 0 Å². The van der Waals surface area contributed by atoms with E-state index in [-0.39, 0.29) is 5.41 Å². The molecule has 2 aliphatic carbocycles. The van der Waals surface area contributed by atoms with Gasteiger partial charge in [0.05, 0.1) is 5.41 Å². The molecule has 546 valence electrons. The second-order valence-corrected chi connectivity index (χ2v) is 30.2. The number of aromatic nitrogens is 8. The van der Waals surface area contributed by atoms with E-state index in [1.54, 1.807) is 12.4 Å². The van der Waals surface area contributed by atoms with Crippen molar-refractivity contribution in [3.63, 3.8) is 0 Å². The summed E-state index contributed by atoms with van der Waals surface area (Å²) in [6.45, 7) is 4.69. The molecule has 0 spiro atoms. The van der Waals surface area contributed by atoms with E-state index in [4.69, 9.17) is 29.9 Å². The van der Waals surface area contributed by atoms with Crippen molar-refractivity contribution in [3.05, 3.63) is 446 Å². The first-order valence-corrected chi connectivity index (χ1v) is 39.3. The summed E-state index contributed by atoms with van der Waals surface area (Å²) >= 11 is 0. The van der Waals surface area contributed by atoms with Gasteiger partial charge in [-0.3, -0.25) is 9.97 Å². The molecule has 19 aromatic rings. The molecule has 0 amide bonds. The zero-order valence-electron chi connectivity index (χ0n) is 63.8. The molecule has 4 heterocycles. The summed E-state index contributed by atoms with van der Waals surface area (Å²) in [7, 11) is 0. The van der Waals surface area contributed by atoms with Gasteiger partial charge in [0.2, 0.25) is 0 Å². The second kappa shape index (κ2) is 29.8. The minimum Gasteiger partial charge on any atom is -0.264 e. The maximum atomic E-state index is 5.02. The topological polar surface area (TPSA) is 103 Å². The van der Waals surface area contributed by atoms with Gasteiger partial charge in [0.1, 0.15) is 0 Å². The molecule has 0 N–H and O–H groups in total. The van der Waals surface area contributed by atoms with Crippen LogP contribution in [0, 0.1) is 0 Å². The average molecular weight is 1480 g/mol. The quantitative estimate of drug-likeness (QED) is 0.106. The van der Waals surface area contributed by atoms with Crippen molar-refractivity contribution in [1.82, 2.24) is 39.9 Å². The molecule has 0 saturated carbocycles. The van der Waals surface area contributed by atoms with Gasteiger partial charge in [0.15, 0.2) is 34.9 Å². The summed E-state index contributed by atoms with van der Waals surface area (Å²) in [6.07, 6.45) is 7.32. The molecular formula is C108H74N8. The van der Waals surface area contributed by atoms with Crippen LogP contribution < -0.4 is 0 Å². The van der Waals surface area contributed by atoms with E-state index in [9.17, 15) is 0 Å². The molecule has 0 aliphatic heterocycles. The van der Waals surface area contributed by atoms with Gasteiger partial charge >= 0.3 is 0 Å². The highest BCUT2D eigenvalue weighted by atomic mass is 15.0. The van der Waals surface area contributed by atoms with Crippen LogP contribution in [0.1, 0.15) is 47.2 Å². The van der Waals surface area contributed by atoms with Crippen LogP contribution in [0.15, 0.2) is 413 Å². The molecule has 8 nitrogen and oxygen atoms in total. The van der Waals surface area contributed by atoms with E-state index in [2.05, 4.69) is 339 Å². The van der Waals surface area contributed by atoms with Crippen LogP contribution in [0.4, 0.5) is 0 Å². The van der Waals surface area contributed by atoms with Crippen LogP contribution in [0.5, 0.6) is 0 Å². The smallest absolute Gasteiger partial charge is 0.164 e. The highest BCUT2D eigenvalue weighted by Gasteiger charge is 2.46. The van der Waals surface area contributed by atoms with Crippen LogP contribution >= 0.6 is 0 Å². The van der Waals surface area contributed by atoms with Crippen LogP contribution in [-0.2, 0) is 10.8 Å². The van der Waals surface area contributed by atoms with Crippen molar-refractivity contribution in [2.75, 3.05) is 0 Å². The maximum absolute atomic E-state index is 5.02. The van der Waals surface area contributed by atoms with E-state index in [0.29, 0.717) is 34.9 Å². The average Bonchev–Trinajstić information content (AvgIpc) is 1.54. The third-order valence-electron chi connectivity index (χ3n) is 23.0. The van der Waals surface area contributed by atoms with E-state index in [0.717, 1.165) is 77.9 Å². The van der Waals surface area contributed by atoms with Crippen LogP contribution in [0.3, 0.4) is 0 Å². The van der Waals surface area contributed by atoms with Crippen molar-refractivity contribution < 1.29 is 0 Å². The van der Waals surface area contributed by atoms with Crippen LogP contribution in [-0.4, -0.2) is 39.9 Å². The van der Waals surface area contributed by atoms with E-state index < -0.39 is 5.41 Å². The predicted octanol–water partition coefficient (Wildman–Crippen LogP) is 26.4. The Bertz CT molecular complexity index is 6800. The first-order valence-electron chi connectivity index (χ1n) is 39.3. The third kappa shape index (κ3) is 13.0. The fourth-order valence-electron chi connectivity index (χ4n) is 17.1.